The first kappa shape index (κ1) is 27.7. The molecule has 3 aromatic carbocycles. The molecular weight excluding hydrogens is 526 g/mol. The lowest BCUT2D eigenvalue weighted by molar-refractivity contribution is 0.0697. The highest BCUT2D eigenvalue weighted by Crippen LogP contribution is 2.41. The van der Waals surface area contributed by atoms with Crippen molar-refractivity contribution in [2.75, 3.05) is 22.6 Å². The van der Waals surface area contributed by atoms with Crippen LogP contribution in [-0.2, 0) is 6.54 Å². The van der Waals surface area contributed by atoms with Crippen molar-refractivity contribution < 1.29 is 23.8 Å². The van der Waals surface area contributed by atoms with Crippen molar-refractivity contribution in [1.29, 1.82) is 0 Å². The third kappa shape index (κ3) is 4.75. The van der Waals surface area contributed by atoms with Gasteiger partial charge in [-0.15, -0.1) is 0 Å². The summed E-state index contributed by atoms with van der Waals surface area (Å²) in [6.07, 6.45) is 0. The number of benzene rings is 2. The summed E-state index contributed by atoms with van der Waals surface area (Å²) in [6.45, 7) is 9.79. The summed E-state index contributed by atoms with van der Waals surface area (Å²) >= 11 is 0. The van der Waals surface area contributed by atoms with Crippen LogP contribution in [0.5, 0.6) is 5.75 Å². The molecule has 1 amide bonds. The largest absolute Gasteiger partial charge is 0.497 e. The molecule has 10 nitrogen and oxygen atoms in total. The normalized spacial score (nSPS) is 13.8. The molecule has 0 saturated carbocycles. The maximum Gasteiger partial charge on any atom is 0.337 e. The number of aromatic carboxylic acids is 1. The van der Waals surface area contributed by atoms with Gasteiger partial charge in [0, 0.05) is 6.07 Å². The predicted molar refractivity (Wildman–Crippen MR) is 156 cm³/mol. The Balaban J connectivity index is 1.52. The lowest BCUT2D eigenvalue weighted by Gasteiger charge is -2.31. The predicted octanol–water partition coefficient (Wildman–Crippen LogP) is 5.30. The molecule has 1 aliphatic rings. The molecule has 3 N–H and O–H groups in total. The number of carboxylic acid groups (broad SMARTS) is 1. The molecule has 10 heteroatoms. The van der Waals surface area contributed by atoms with E-state index >= 15 is 0 Å². The molecular formula is C31H31N3O7. The zero-order valence-electron chi connectivity index (χ0n) is 23.7. The van der Waals surface area contributed by atoms with E-state index in [-0.39, 0.29) is 34.6 Å². The van der Waals surface area contributed by atoms with Gasteiger partial charge in [0.2, 0.25) is 0 Å². The van der Waals surface area contributed by atoms with Gasteiger partial charge in [0.15, 0.2) is 0 Å². The van der Waals surface area contributed by atoms with Crippen LogP contribution in [-0.4, -0.2) is 24.1 Å². The highest BCUT2D eigenvalue weighted by atomic mass is 16.5. The van der Waals surface area contributed by atoms with Gasteiger partial charge in [-0.25, -0.2) is 4.79 Å². The number of carboxylic acids is 1. The number of anilines is 4. The number of fused-ring (bicyclic) bond motifs is 1. The number of methoxy groups -OCH3 is 1. The maximum absolute atomic E-state index is 13.8. The lowest BCUT2D eigenvalue weighted by Crippen LogP contribution is -2.39. The number of furan rings is 1. The zero-order chi connectivity index (χ0) is 29.8. The summed E-state index contributed by atoms with van der Waals surface area (Å²) in [5.74, 6) is 0.140. The molecule has 1 aliphatic heterocycles. The molecule has 2 heterocycles. The fourth-order valence-corrected chi connectivity index (χ4v) is 5.16. The SMILES string of the molecule is COc1ccc(C(=O)O)c(N2Cc3c(C)ccc(Nc4c(N[C@@H](c5ccc(C)o5)C(C)(C)C)c(=O)c4=O)c3C2=O)c1. The van der Waals surface area contributed by atoms with E-state index in [1.807, 2.05) is 52.8 Å². The van der Waals surface area contributed by atoms with Crippen molar-refractivity contribution in [2.45, 2.75) is 47.2 Å². The fourth-order valence-electron chi connectivity index (χ4n) is 5.16. The first-order valence-electron chi connectivity index (χ1n) is 13.1. The van der Waals surface area contributed by atoms with Crippen LogP contribution in [0.15, 0.2) is 56.5 Å². The van der Waals surface area contributed by atoms with Gasteiger partial charge in [-0.3, -0.25) is 14.4 Å². The van der Waals surface area contributed by atoms with E-state index in [2.05, 4.69) is 10.6 Å². The Morgan fingerprint density at radius 1 is 1.02 bits per heavy atom. The van der Waals surface area contributed by atoms with E-state index in [4.69, 9.17) is 9.15 Å². The van der Waals surface area contributed by atoms with Crippen LogP contribution in [0.25, 0.3) is 0 Å². The minimum absolute atomic E-state index is 0.0468. The van der Waals surface area contributed by atoms with E-state index in [1.165, 1.54) is 30.2 Å². The number of carbonyl (C=O) groups excluding carboxylic acids is 1. The number of ether oxygens (including phenoxy) is 1. The van der Waals surface area contributed by atoms with Crippen LogP contribution in [0.2, 0.25) is 0 Å². The van der Waals surface area contributed by atoms with Crippen LogP contribution in [0, 0.1) is 19.3 Å². The molecule has 0 saturated heterocycles. The van der Waals surface area contributed by atoms with E-state index in [0.29, 0.717) is 28.3 Å². The van der Waals surface area contributed by atoms with Crippen molar-refractivity contribution in [3.05, 3.63) is 96.7 Å². The van der Waals surface area contributed by atoms with Crippen molar-refractivity contribution in [3.8, 4) is 5.75 Å². The van der Waals surface area contributed by atoms with Crippen molar-refractivity contribution >= 4 is 34.6 Å². The monoisotopic (exact) mass is 557 g/mol. The Bertz CT molecular complexity index is 1770. The average Bonchev–Trinajstić information content (AvgIpc) is 3.51. The fraction of sp³-hybridized carbons (Fsp3) is 0.290. The van der Waals surface area contributed by atoms with E-state index in [0.717, 1.165) is 11.3 Å². The van der Waals surface area contributed by atoms with Crippen LogP contribution < -0.4 is 31.1 Å². The Morgan fingerprint density at radius 2 is 1.73 bits per heavy atom. The summed E-state index contributed by atoms with van der Waals surface area (Å²) in [4.78, 5) is 52.7. The smallest absolute Gasteiger partial charge is 0.337 e. The first-order valence-corrected chi connectivity index (χ1v) is 13.1. The topological polar surface area (TPSA) is 138 Å². The molecule has 4 aromatic rings. The standard InChI is InChI=1S/C31H31N3O7/c1-15-7-11-20(23-19(15)14-34(29(23)37)21-13-17(40-6)9-10-18(21)30(38)39)32-24-25(27(36)26(24)35)33-28(31(3,4)5)22-12-8-16(2)41-22/h7-13,28,32-33H,14H2,1-6H3,(H,38,39)/t28-/m0/s1. The number of nitrogens with zero attached hydrogens (tertiary/aromatic N) is 1. The average molecular weight is 558 g/mol. The van der Waals surface area contributed by atoms with Crippen LogP contribution >= 0.6 is 0 Å². The minimum Gasteiger partial charge on any atom is -0.497 e. The molecule has 0 aliphatic carbocycles. The zero-order valence-corrected chi connectivity index (χ0v) is 23.7. The Kier molecular flexibility index (Phi) is 6.73. The summed E-state index contributed by atoms with van der Waals surface area (Å²) in [6, 6.07) is 11.2. The van der Waals surface area contributed by atoms with E-state index < -0.39 is 28.8 Å². The van der Waals surface area contributed by atoms with Gasteiger partial charge in [0.1, 0.15) is 28.6 Å². The van der Waals surface area contributed by atoms with Crippen LogP contribution in [0.1, 0.15) is 70.2 Å². The van der Waals surface area contributed by atoms with Crippen LogP contribution in [0.4, 0.5) is 22.7 Å². The minimum atomic E-state index is -1.18. The first-order chi connectivity index (χ1) is 19.3. The molecule has 41 heavy (non-hydrogen) atoms. The maximum atomic E-state index is 13.8. The molecule has 0 spiro atoms. The van der Waals surface area contributed by atoms with Gasteiger partial charge in [-0.2, -0.15) is 0 Å². The number of hydrogen-bond acceptors (Lipinski definition) is 8. The molecule has 0 fully saturated rings. The third-order valence-corrected chi connectivity index (χ3v) is 7.42. The summed E-state index contributed by atoms with van der Waals surface area (Å²) < 4.78 is 11.1. The molecule has 5 rings (SSSR count). The van der Waals surface area contributed by atoms with Crippen molar-refractivity contribution in [3.63, 3.8) is 0 Å². The van der Waals surface area contributed by atoms with E-state index in [9.17, 15) is 24.3 Å². The van der Waals surface area contributed by atoms with Crippen molar-refractivity contribution in [1.82, 2.24) is 0 Å². The molecule has 1 aromatic heterocycles. The highest BCUT2D eigenvalue weighted by Gasteiger charge is 2.37. The quantitative estimate of drug-likeness (QED) is 0.246. The number of aryl methyl sites for hydroxylation is 2. The Labute approximate surface area is 236 Å². The van der Waals surface area contributed by atoms with Gasteiger partial charge in [-0.05, 0) is 60.7 Å². The molecule has 0 unspecified atom stereocenters. The van der Waals surface area contributed by atoms with Crippen LogP contribution in [0.3, 0.4) is 0 Å². The Morgan fingerprint density at radius 3 is 2.34 bits per heavy atom. The van der Waals surface area contributed by atoms with Gasteiger partial charge in [0.05, 0.1) is 42.2 Å². The number of hydrogen-bond donors (Lipinski definition) is 3. The second-order valence-corrected chi connectivity index (χ2v) is 11.3. The molecule has 0 radical (unpaired) electrons. The summed E-state index contributed by atoms with van der Waals surface area (Å²) in [5.41, 5.74) is 0.733. The van der Waals surface area contributed by atoms with E-state index in [1.54, 1.807) is 6.07 Å². The summed E-state index contributed by atoms with van der Waals surface area (Å²) in [7, 11) is 1.46. The van der Waals surface area contributed by atoms with Gasteiger partial charge in [-0.1, -0.05) is 26.8 Å². The number of rotatable bonds is 8. The Hall–Kier alpha value is -4.86. The lowest BCUT2D eigenvalue weighted by atomic mass is 9.85. The van der Waals surface area contributed by atoms with Gasteiger partial charge < -0.3 is 29.8 Å². The van der Waals surface area contributed by atoms with Gasteiger partial charge >= 0.3 is 5.97 Å². The highest BCUT2D eigenvalue weighted by molar-refractivity contribution is 6.16. The number of nitrogens with one attached hydrogen (secondary N) is 2. The molecule has 1 atom stereocenters. The second kappa shape index (κ2) is 9.96. The summed E-state index contributed by atoms with van der Waals surface area (Å²) in [5, 5.41) is 16.0. The third-order valence-electron chi connectivity index (χ3n) is 7.42. The second-order valence-electron chi connectivity index (χ2n) is 11.3. The molecule has 212 valence electrons. The number of carbonyl (C=O) groups is 2. The molecule has 0 bridgehead atoms. The van der Waals surface area contributed by atoms with Gasteiger partial charge in [0.25, 0.3) is 16.8 Å². The number of amides is 1. The van der Waals surface area contributed by atoms with Crippen molar-refractivity contribution in [2.24, 2.45) is 5.41 Å².